The van der Waals surface area contributed by atoms with Gasteiger partial charge in [-0.25, -0.2) is 0 Å². The molecule has 0 radical (unpaired) electrons. The van der Waals surface area contributed by atoms with Gasteiger partial charge in [-0.05, 0) is 12.8 Å². The molecule has 0 aromatic carbocycles. The van der Waals surface area contributed by atoms with Crippen LogP contribution in [0.1, 0.15) is 39.5 Å². The number of likely N-dealkylation sites (N-methyl/N-ethyl adjacent to an activating group) is 1. The highest BCUT2D eigenvalue weighted by Crippen LogP contribution is 2.18. The van der Waals surface area contributed by atoms with Crippen LogP contribution in [0.25, 0.3) is 0 Å². The average Bonchev–Trinajstić information content (AvgIpc) is 2.31. The number of aliphatic hydroxyl groups is 1. The van der Waals surface area contributed by atoms with Crippen molar-refractivity contribution >= 4 is 11.9 Å². The molecule has 0 aromatic heterocycles. The van der Waals surface area contributed by atoms with Crippen molar-refractivity contribution in [2.75, 3.05) is 27.7 Å². The van der Waals surface area contributed by atoms with E-state index in [1.165, 1.54) is 0 Å². The van der Waals surface area contributed by atoms with E-state index >= 15 is 0 Å². The molecule has 0 bridgehead atoms. The van der Waals surface area contributed by atoms with Crippen LogP contribution in [0.2, 0.25) is 0 Å². The molecule has 0 spiro atoms. The summed E-state index contributed by atoms with van der Waals surface area (Å²) in [7, 11) is 5.67. The number of nitrogens with zero attached hydrogens (tertiary/aromatic N) is 1. The van der Waals surface area contributed by atoms with Gasteiger partial charge in [0.1, 0.15) is 6.54 Å². The Morgan fingerprint density at radius 1 is 1.24 bits per heavy atom. The van der Waals surface area contributed by atoms with Gasteiger partial charge in [-0.2, -0.15) is 0 Å². The quantitative estimate of drug-likeness (QED) is 0.451. The summed E-state index contributed by atoms with van der Waals surface area (Å²) in [4.78, 5) is 23.0. The number of hydrogen-bond acceptors (Lipinski definition) is 5. The fourth-order valence-electron chi connectivity index (χ4n) is 2.25. The second kappa shape index (κ2) is 9.00. The van der Waals surface area contributed by atoms with Gasteiger partial charge in [0.25, 0.3) is 0 Å². The van der Waals surface area contributed by atoms with E-state index in [4.69, 9.17) is 4.74 Å². The summed E-state index contributed by atoms with van der Waals surface area (Å²) in [5, 5.41) is 20.7. The lowest BCUT2D eigenvalue weighted by Crippen LogP contribution is -2.46. The molecule has 0 saturated carbocycles. The summed E-state index contributed by atoms with van der Waals surface area (Å²) in [6, 6.07) is 0. The maximum Gasteiger partial charge on any atom is 0.312 e. The molecule has 0 saturated heterocycles. The topological polar surface area (TPSA) is 86.7 Å². The minimum Gasteiger partial charge on any atom is -0.550 e. The van der Waals surface area contributed by atoms with Crippen molar-refractivity contribution in [3.05, 3.63) is 0 Å². The molecular weight excluding hydrogens is 274 g/mol. The maximum absolute atomic E-state index is 12.2. The standard InChI is InChI=1S/C15H29NO5/c1-6-8-12(13(17)7-2)15(20)21-11(9-14(18)19)10-16(3,4)5/h11-13,17H,6-10H2,1-5H3. The minimum absolute atomic E-state index is 0.331. The van der Waals surface area contributed by atoms with Crippen molar-refractivity contribution in [1.29, 1.82) is 0 Å². The van der Waals surface area contributed by atoms with E-state index in [0.717, 1.165) is 6.42 Å². The fourth-order valence-corrected chi connectivity index (χ4v) is 2.25. The summed E-state index contributed by atoms with van der Waals surface area (Å²) in [5.41, 5.74) is 0. The van der Waals surface area contributed by atoms with Crippen molar-refractivity contribution in [2.24, 2.45) is 5.92 Å². The Labute approximate surface area is 127 Å². The number of aliphatic carboxylic acids is 1. The molecule has 0 aromatic rings. The second-order valence-electron chi connectivity index (χ2n) is 6.48. The van der Waals surface area contributed by atoms with Crippen LogP contribution in [-0.2, 0) is 14.3 Å². The summed E-state index contributed by atoms with van der Waals surface area (Å²) in [6.45, 7) is 4.10. The number of aliphatic hydroxyl groups excluding tert-OH is 1. The smallest absolute Gasteiger partial charge is 0.312 e. The van der Waals surface area contributed by atoms with E-state index in [9.17, 15) is 19.8 Å². The second-order valence-corrected chi connectivity index (χ2v) is 6.48. The number of carbonyl (C=O) groups excluding carboxylic acids is 2. The molecule has 0 aliphatic rings. The lowest BCUT2D eigenvalue weighted by molar-refractivity contribution is -0.873. The van der Waals surface area contributed by atoms with Crippen LogP contribution in [0.4, 0.5) is 0 Å². The number of esters is 1. The number of ether oxygens (including phenoxy) is 1. The van der Waals surface area contributed by atoms with E-state index in [1.807, 2.05) is 28.1 Å². The summed E-state index contributed by atoms with van der Waals surface area (Å²) >= 11 is 0. The summed E-state index contributed by atoms with van der Waals surface area (Å²) in [6.07, 6.45) is -0.105. The maximum atomic E-state index is 12.2. The SMILES string of the molecule is CCCC(C(=O)OC(CC(=O)[O-])C[N+](C)(C)C)C(O)CC. The molecule has 0 aliphatic carbocycles. The molecule has 0 fully saturated rings. The first-order valence-corrected chi connectivity index (χ1v) is 7.49. The Balaban J connectivity index is 4.86. The van der Waals surface area contributed by atoms with Crippen molar-refractivity contribution in [3.8, 4) is 0 Å². The third kappa shape index (κ3) is 8.67. The van der Waals surface area contributed by atoms with E-state index in [2.05, 4.69) is 0 Å². The largest absolute Gasteiger partial charge is 0.550 e. The molecule has 124 valence electrons. The Morgan fingerprint density at radius 3 is 2.19 bits per heavy atom. The fraction of sp³-hybridized carbons (Fsp3) is 0.867. The van der Waals surface area contributed by atoms with Gasteiger partial charge >= 0.3 is 5.97 Å². The predicted molar refractivity (Wildman–Crippen MR) is 77.1 cm³/mol. The molecule has 0 aliphatic heterocycles. The zero-order valence-electron chi connectivity index (χ0n) is 13.8. The number of hydrogen-bond donors (Lipinski definition) is 1. The van der Waals surface area contributed by atoms with Crippen LogP contribution < -0.4 is 5.11 Å². The van der Waals surface area contributed by atoms with Gasteiger partial charge in [-0.1, -0.05) is 20.3 Å². The van der Waals surface area contributed by atoms with E-state index in [0.29, 0.717) is 23.9 Å². The van der Waals surface area contributed by atoms with E-state index in [-0.39, 0.29) is 6.42 Å². The molecule has 0 rings (SSSR count). The predicted octanol–water partition coefficient (Wildman–Crippen LogP) is -0.0684. The summed E-state index contributed by atoms with van der Waals surface area (Å²) in [5.74, 6) is -2.37. The molecule has 3 unspecified atom stereocenters. The summed E-state index contributed by atoms with van der Waals surface area (Å²) < 4.78 is 5.81. The monoisotopic (exact) mass is 303 g/mol. The molecule has 0 amide bonds. The van der Waals surface area contributed by atoms with Gasteiger partial charge in [0.15, 0.2) is 6.10 Å². The first kappa shape index (κ1) is 19.9. The lowest BCUT2D eigenvalue weighted by atomic mass is 9.95. The zero-order chi connectivity index (χ0) is 16.6. The Hall–Kier alpha value is -1.14. The third-order valence-corrected chi connectivity index (χ3v) is 3.21. The van der Waals surface area contributed by atoms with Gasteiger partial charge in [0.2, 0.25) is 0 Å². The molecule has 6 nitrogen and oxygen atoms in total. The highest BCUT2D eigenvalue weighted by Gasteiger charge is 2.30. The number of carbonyl (C=O) groups is 2. The van der Waals surface area contributed by atoms with Crippen molar-refractivity contribution in [3.63, 3.8) is 0 Å². The zero-order valence-corrected chi connectivity index (χ0v) is 13.8. The number of quaternary nitrogens is 1. The van der Waals surface area contributed by atoms with Crippen LogP contribution in [0.3, 0.4) is 0 Å². The highest BCUT2D eigenvalue weighted by molar-refractivity contribution is 5.74. The normalized spacial score (nSPS) is 16.1. The van der Waals surface area contributed by atoms with Gasteiger partial charge < -0.3 is 24.2 Å². The van der Waals surface area contributed by atoms with Crippen LogP contribution in [0.5, 0.6) is 0 Å². The molecule has 6 heteroatoms. The minimum atomic E-state index is -1.25. The van der Waals surface area contributed by atoms with Crippen LogP contribution in [0.15, 0.2) is 0 Å². The Bertz CT molecular complexity index is 337. The van der Waals surface area contributed by atoms with Crippen LogP contribution >= 0.6 is 0 Å². The van der Waals surface area contributed by atoms with Crippen molar-refractivity contribution in [2.45, 2.75) is 51.7 Å². The Kier molecular flexibility index (Phi) is 8.51. The van der Waals surface area contributed by atoms with Gasteiger partial charge in [-0.3, -0.25) is 4.79 Å². The van der Waals surface area contributed by atoms with Crippen LogP contribution in [-0.4, -0.2) is 61.4 Å². The molecular formula is C15H29NO5. The first-order chi connectivity index (χ1) is 9.60. The highest BCUT2D eigenvalue weighted by atomic mass is 16.5. The average molecular weight is 303 g/mol. The number of carboxylic acid groups (broad SMARTS) is 1. The molecule has 0 heterocycles. The van der Waals surface area contributed by atoms with Crippen molar-refractivity contribution < 1.29 is 29.0 Å². The van der Waals surface area contributed by atoms with Crippen molar-refractivity contribution in [1.82, 2.24) is 0 Å². The molecule has 21 heavy (non-hydrogen) atoms. The number of rotatable bonds is 10. The van der Waals surface area contributed by atoms with Gasteiger partial charge in [-0.15, -0.1) is 0 Å². The molecule has 1 N–H and O–H groups in total. The third-order valence-electron chi connectivity index (χ3n) is 3.21. The number of carboxylic acids is 1. The molecule has 3 atom stereocenters. The van der Waals surface area contributed by atoms with E-state index in [1.54, 1.807) is 6.92 Å². The lowest BCUT2D eigenvalue weighted by Gasteiger charge is -2.30. The van der Waals surface area contributed by atoms with Crippen LogP contribution in [0, 0.1) is 5.92 Å². The first-order valence-electron chi connectivity index (χ1n) is 7.49. The Morgan fingerprint density at radius 2 is 1.81 bits per heavy atom. The van der Waals surface area contributed by atoms with E-state index < -0.39 is 30.1 Å². The van der Waals surface area contributed by atoms with Gasteiger partial charge in [0, 0.05) is 12.4 Å². The van der Waals surface area contributed by atoms with Gasteiger partial charge in [0.05, 0.1) is 33.2 Å².